The Hall–Kier alpha value is -2.04. The van der Waals surface area contributed by atoms with Gasteiger partial charge < -0.3 is 14.6 Å². The number of carboxylic acid groups (broad SMARTS) is 1. The molecule has 2 aromatic carbocycles. The van der Waals surface area contributed by atoms with Gasteiger partial charge in [0.25, 0.3) is 0 Å². The van der Waals surface area contributed by atoms with E-state index in [1.807, 2.05) is 36.4 Å². The molecule has 2 aromatic rings. The van der Waals surface area contributed by atoms with Crippen molar-refractivity contribution in [3.05, 3.63) is 64.2 Å². The molecule has 28 heavy (non-hydrogen) atoms. The van der Waals surface area contributed by atoms with Gasteiger partial charge in [0.2, 0.25) is 0 Å². The van der Waals surface area contributed by atoms with Crippen LogP contribution in [0.4, 0.5) is 0 Å². The van der Waals surface area contributed by atoms with E-state index in [1.54, 1.807) is 0 Å². The van der Waals surface area contributed by atoms with Gasteiger partial charge in [-0.2, -0.15) is 0 Å². The first-order valence-corrected chi connectivity index (χ1v) is 10.1. The summed E-state index contributed by atoms with van der Waals surface area (Å²) >= 11 is 6.48. The van der Waals surface area contributed by atoms with E-state index in [1.165, 1.54) is 0 Å². The van der Waals surface area contributed by atoms with E-state index in [0.717, 1.165) is 33.9 Å². The van der Waals surface area contributed by atoms with Crippen LogP contribution in [0.15, 0.2) is 42.5 Å². The van der Waals surface area contributed by atoms with Crippen molar-refractivity contribution in [3.63, 3.8) is 0 Å². The summed E-state index contributed by atoms with van der Waals surface area (Å²) in [7, 11) is 0. The molecule has 2 aliphatic rings. The highest BCUT2D eigenvalue weighted by Crippen LogP contribution is 2.54. The lowest BCUT2D eigenvalue weighted by Crippen LogP contribution is -2.50. The maximum atomic E-state index is 11.1. The number of aliphatic carboxylic acids is 1. The summed E-state index contributed by atoms with van der Waals surface area (Å²) in [5, 5.41) is 9.90. The molecule has 4 atom stereocenters. The molecule has 1 saturated heterocycles. The van der Waals surface area contributed by atoms with Crippen molar-refractivity contribution in [3.8, 4) is 5.75 Å². The van der Waals surface area contributed by atoms with Gasteiger partial charge in [0.1, 0.15) is 11.4 Å². The second-order valence-electron chi connectivity index (χ2n) is 8.38. The molecule has 1 fully saturated rings. The highest BCUT2D eigenvalue weighted by atomic mass is 35.5. The van der Waals surface area contributed by atoms with E-state index in [4.69, 9.17) is 26.2 Å². The maximum absolute atomic E-state index is 11.1. The van der Waals surface area contributed by atoms with Crippen LogP contribution in [0, 0.1) is 5.92 Å². The lowest BCUT2D eigenvalue weighted by molar-refractivity contribution is -0.153. The number of halogens is 1. The Morgan fingerprint density at radius 2 is 1.96 bits per heavy atom. The van der Waals surface area contributed by atoms with Gasteiger partial charge in [0, 0.05) is 22.4 Å². The molecule has 2 heterocycles. The van der Waals surface area contributed by atoms with E-state index >= 15 is 0 Å². The van der Waals surface area contributed by atoms with E-state index < -0.39 is 11.6 Å². The average Bonchev–Trinajstić information content (AvgIpc) is 2.62. The van der Waals surface area contributed by atoms with Crippen molar-refractivity contribution >= 4 is 17.6 Å². The highest BCUT2D eigenvalue weighted by molar-refractivity contribution is 6.31. The number of hydrogen-bond donors (Lipinski definition) is 1. The minimum Gasteiger partial charge on any atom is -0.487 e. The van der Waals surface area contributed by atoms with Crippen LogP contribution in [0.25, 0.3) is 0 Å². The molecule has 0 aromatic heterocycles. The Morgan fingerprint density at radius 3 is 2.68 bits per heavy atom. The SMILES string of the molecule is C[C@@H]1O[C@@H]2c3cc(CC(=O)O)ccc3OC(C)(C)[C@H]2C[C@@H]1c1ccccc1Cl. The van der Waals surface area contributed by atoms with Crippen molar-refractivity contribution in [1.29, 1.82) is 0 Å². The zero-order valence-electron chi connectivity index (χ0n) is 16.3. The second kappa shape index (κ2) is 7.09. The van der Waals surface area contributed by atoms with Gasteiger partial charge in [-0.25, -0.2) is 0 Å². The van der Waals surface area contributed by atoms with Gasteiger partial charge in [-0.05, 0) is 56.5 Å². The fourth-order valence-electron chi connectivity index (χ4n) is 4.66. The molecule has 0 unspecified atom stereocenters. The minimum absolute atomic E-state index is 0.00807. The van der Waals surface area contributed by atoms with E-state index in [2.05, 4.69) is 26.8 Å². The molecule has 4 nitrogen and oxygen atoms in total. The first-order chi connectivity index (χ1) is 13.3. The van der Waals surface area contributed by atoms with Crippen LogP contribution in [0.3, 0.4) is 0 Å². The van der Waals surface area contributed by atoms with Crippen molar-refractivity contribution < 1.29 is 19.4 Å². The zero-order valence-corrected chi connectivity index (χ0v) is 17.1. The van der Waals surface area contributed by atoms with Gasteiger partial charge in [-0.3, -0.25) is 4.79 Å². The number of hydrogen-bond acceptors (Lipinski definition) is 3. The molecular formula is C23H25ClO4. The van der Waals surface area contributed by atoms with Crippen LogP contribution in [-0.4, -0.2) is 22.8 Å². The standard InChI is InChI=1S/C23H25ClO4/c1-13-16(15-6-4-5-7-19(15)24)12-18-22(27-13)17-10-14(11-21(25)26)8-9-20(17)28-23(18,2)3/h4-10,13,16,18,22H,11-12H2,1-3H3,(H,25,26)/t13-,16-,18-,22+/m0/s1. The number of ether oxygens (including phenoxy) is 2. The van der Waals surface area contributed by atoms with E-state index in [-0.39, 0.29) is 30.5 Å². The lowest BCUT2D eigenvalue weighted by Gasteiger charge is -2.51. The second-order valence-corrected chi connectivity index (χ2v) is 8.79. The van der Waals surface area contributed by atoms with Crippen molar-refractivity contribution in [2.45, 2.75) is 57.3 Å². The van der Waals surface area contributed by atoms with Gasteiger partial charge in [-0.1, -0.05) is 35.9 Å². The first-order valence-electron chi connectivity index (χ1n) is 9.70. The molecule has 0 amide bonds. The molecule has 0 aliphatic carbocycles. The monoisotopic (exact) mass is 400 g/mol. The smallest absolute Gasteiger partial charge is 0.307 e. The van der Waals surface area contributed by atoms with Crippen molar-refractivity contribution in [2.75, 3.05) is 0 Å². The summed E-state index contributed by atoms with van der Waals surface area (Å²) in [6, 6.07) is 13.6. The number of carboxylic acids is 1. The molecule has 1 N–H and O–H groups in total. The summed E-state index contributed by atoms with van der Waals surface area (Å²) in [6.45, 7) is 6.29. The van der Waals surface area contributed by atoms with Gasteiger partial charge >= 0.3 is 5.97 Å². The van der Waals surface area contributed by atoms with E-state index in [9.17, 15) is 4.79 Å². The topological polar surface area (TPSA) is 55.8 Å². The van der Waals surface area contributed by atoms with Crippen LogP contribution in [0.2, 0.25) is 5.02 Å². The highest BCUT2D eigenvalue weighted by Gasteiger charge is 2.50. The number of fused-ring (bicyclic) bond motifs is 3. The quantitative estimate of drug-likeness (QED) is 0.750. The predicted octanol–water partition coefficient (Wildman–Crippen LogP) is 5.39. The van der Waals surface area contributed by atoms with Crippen molar-refractivity contribution in [2.24, 2.45) is 5.92 Å². The molecule has 5 heteroatoms. The third-order valence-electron chi connectivity index (χ3n) is 6.11. The number of carbonyl (C=O) groups is 1. The van der Waals surface area contributed by atoms with Gasteiger partial charge in [0.05, 0.1) is 18.6 Å². The average molecular weight is 401 g/mol. The Bertz CT molecular complexity index is 907. The lowest BCUT2D eigenvalue weighted by atomic mass is 9.70. The summed E-state index contributed by atoms with van der Waals surface area (Å²) in [5.74, 6) is 0.258. The predicted molar refractivity (Wildman–Crippen MR) is 108 cm³/mol. The zero-order chi connectivity index (χ0) is 20.1. The van der Waals surface area contributed by atoms with Crippen LogP contribution < -0.4 is 4.74 Å². The number of benzene rings is 2. The van der Waals surface area contributed by atoms with Crippen LogP contribution in [-0.2, 0) is 16.0 Å². The first kappa shape index (κ1) is 19.3. The Labute approximate surface area is 170 Å². The summed E-state index contributed by atoms with van der Waals surface area (Å²) < 4.78 is 12.9. The largest absolute Gasteiger partial charge is 0.487 e. The maximum Gasteiger partial charge on any atom is 0.307 e. The molecule has 0 saturated carbocycles. The molecule has 0 radical (unpaired) electrons. The third kappa shape index (κ3) is 3.40. The number of rotatable bonds is 3. The fraction of sp³-hybridized carbons (Fsp3) is 0.435. The Kier molecular flexibility index (Phi) is 4.88. The Morgan fingerprint density at radius 1 is 1.21 bits per heavy atom. The van der Waals surface area contributed by atoms with Gasteiger partial charge in [-0.15, -0.1) is 0 Å². The molecule has 148 valence electrons. The third-order valence-corrected chi connectivity index (χ3v) is 6.45. The fourth-order valence-corrected chi connectivity index (χ4v) is 4.94. The molecule has 0 spiro atoms. The molecular weight excluding hydrogens is 376 g/mol. The van der Waals surface area contributed by atoms with Crippen molar-refractivity contribution in [1.82, 2.24) is 0 Å². The van der Waals surface area contributed by atoms with Gasteiger partial charge in [0.15, 0.2) is 0 Å². The summed E-state index contributed by atoms with van der Waals surface area (Å²) in [6.07, 6.45) is 0.754. The minimum atomic E-state index is -0.842. The van der Waals surface area contributed by atoms with Crippen LogP contribution in [0.5, 0.6) is 5.75 Å². The van der Waals surface area contributed by atoms with E-state index in [0.29, 0.717) is 0 Å². The van der Waals surface area contributed by atoms with Crippen LogP contribution in [0.1, 0.15) is 55.9 Å². The summed E-state index contributed by atoms with van der Waals surface area (Å²) in [5.41, 5.74) is 2.42. The molecule has 4 rings (SSSR count). The molecule has 0 bridgehead atoms. The summed E-state index contributed by atoms with van der Waals surface area (Å²) in [4.78, 5) is 11.1. The Balaban J connectivity index is 1.71. The normalized spacial score (nSPS) is 28.0. The van der Waals surface area contributed by atoms with Crippen LogP contribution >= 0.6 is 11.6 Å². The molecule has 2 aliphatic heterocycles.